The number of anilines is 4. The number of benzene rings is 8. The van der Waals surface area contributed by atoms with Crippen LogP contribution in [0.1, 0.15) is 105 Å². The van der Waals surface area contributed by atoms with Gasteiger partial charge in [0.2, 0.25) is 0 Å². The van der Waals surface area contributed by atoms with Crippen molar-refractivity contribution in [3.05, 3.63) is 223 Å². The zero-order chi connectivity index (χ0) is 52.6. The van der Waals surface area contributed by atoms with Gasteiger partial charge in [0, 0.05) is 72.5 Å². The molecule has 0 amide bonds. The van der Waals surface area contributed by atoms with E-state index in [4.69, 9.17) is 9.72 Å². The first-order valence-electron chi connectivity index (χ1n) is 26.4. The Balaban J connectivity index is 0.00000657. The fraction of sp³-hybridized carbons (Fsp3) is 0.229. The van der Waals surface area contributed by atoms with Gasteiger partial charge in [-0.25, -0.2) is 4.98 Å². The number of nitrogens with zero attached hydrogens (tertiary/aromatic N) is 4. The van der Waals surface area contributed by atoms with E-state index in [-0.39, 0.29) is 42.7 Å². The molecular formula is C70H67N4OPt-3. The van der Waals surface area contributed by atoms with Crippen molar-refractivity contribution in [3.8, 4) is 50.7 Å². The SMILES string of the molecule is CC(C)(C)c1ccc(-c2ccc(-c3cccc(-c4ccccc4C(C)(C)C)c3N3[CH-]N(c4[c-]c(Oc5[c-]c6c(cc5)c5ccccc5n6-c5cc(C(C)(C)C)ccn5)ccc4)c4ccccc43)c(C(C)(C)C)c2)cc1.[Pt]. The van der Waals surface area contributed by atoms with Crippen molar-refractivity contribution >= 4 is 44.6 Å². The van der Waals surface area contributed by atoms with Gasteiger partial charge >= 0.3 is 0 Å². The molecule has 5 nitrogen and oxygen atoms in total. The number of hydrogen-bond acceptors (Lipinski definition) is 4. The van der Waals surface area contributed by atoms with Crippen molar-refractivity contribution in [1.82, 2.24) is 9.55 Å². The molecule has 386 valence electrons. The van der Waals surface area contributed by atoms with Gasteiger partial charge in [0.15, 0.2) is 0 Å². The second-order valence-corrected chi connectivity index (χ2v) is 24.3. The summed E-state index contributed by atoms with van der Waals surface area (Å²) in [6, 6.07) is 71.0. The second-order valence-electron chi connectivity index (χ2n) is 24.3. The van der Waals surface area contributed by atoms with Crippen molar-refractivity contribution in [2.75, 3.05) is 9.80 Å². The largest absolute Gasteiger partial charge is 0.509 e. The molecule has 0 bridgehead atoms. The van der Waals surface area contributed by atoms with Crippen LogP contribution >= 0.6 is 0 Å². The Kier molecular flexibility index (Phi) is 13.6. The van der Waals surface area contributed by atoms with Gasteiger partial charge in [-0.3, -0.25) is 0 Å². The van der Waals surface area contributed by atoms with E-state index < -0.39 is 0 Å². The Morgan fingerprint density at radius 3 is 1.74 bits per heavy atom. The van der Waals surface area contributed by atoms with Crippen LogP contribution in [0.2, 0.25) is 0 Å². The summed E-state index contributed by atoms with van der Waals surface area (Å²) < 4.78 is 8.96. The minimum Gasteiger partial charge on any atom is -0.509 e. The summed E-state index contributed by atoms with van der Waals surface area (Å²) in [4.78, 5) is 9.53. The number of pyridine rings is 1. The molecule has 0 atom stereocenters. The summed E-state index contributed by atoms with van der Waals surface area (Å²) in [6.45, 7) is 29.7. The standard InChI is InChI=1S/C70H67N4O.Pt/c1-67(2,3)48-34-31-46(32-35-48)47-33-37-54(60(41-47)70(10,11)12)58-26-20-25-57(53-23-13-15-27-59(53)69(7,8)9)66(58)73-45-72(62-29-17-18-30-63(62)73)50-21-19-22-51(43-50)75-52-36-38-56-55-24-14-16-28-61(55)74(64(56)44-52)65-42-49(39-40-71-65)68(4,5)6;/h13-42,45H,1-12H3;/q-3;. The van der Waals surface area contributed by atoms with Crippen LogP contribution in [0, 0.1) is 18.8 Å². The molecule has 2 aromatic heterocycles. The Morgan fingerprint density at radius 1 is 0.447 bits per heavy atom. The molecule has 0 radical (unpaired) electrons. The van der Waals surface area contributed by atoms with Gasteiger partial charge in [-0.1, -0.05) is 204 Å². The normalized spacial score (nSPS) is 13.1. The maximum Gasteiger partial charge on any atom is 0.135 e. The van der Waals surface area contributed by atoms with Gasteiger partial charge in [0.1, 0.15) is 5.82 Å². The predicted molar refractivity (Wildman–Crippen MR) is 315 cm³/mol. The molecule has 0 fully saturated rings. The maximum absolute atomic E-state index is 6.76. The third-order valence-corrected chi connectivity index (χ3v) is 14.8. The zero-order valence-corrected chi connectivity index (χ0v) is 48.2. The van der Waals surface area contributed by atoms with E-state index in [2.05, 4.69) is 274 Å². The molecule has 1 aliphatic rings. The Bertz CT molecular complexity index is 3780. The third kappa shape index (κ3) is 9.80. The fourth-order valence-electron chi connectivity index (χ4n) is 10.8. The van der Waals surface area contributed by atoms with Crippen LogP contribution in [0.25, 0.3) is 61.0 Å². The number of ether oxygens (including phenoxy) is 1. The number of rotatable bonds is 8. The van der Waals surface area contributed by atoms with E-state index in [0.717, 1.165) is 61.5 Å². The molecule has 6 heteroatoms. The van der Waals surface area contributed by atoms with Crippen LogP contribution in [-0.4, -0.2) is 9.55 Å². The number of hydrogen-bond donors (Lipinski definition) is 0. The Hall–Kier alpha value is -7.20. The molecule has 76 heavy (non-hydrogen) atoms. The summed E-state index contributed by atoms with van der Waals surface area (Å²) in [6.07, 6.45) is 1.91. The van der Waals surface area contributed by atoms with E-state index in [0.29, 0.717) is 11.5 Å². The first kappa shape index (κ1) is 52.2. The van der Waals surface area contributed by atoms with Gasteiger partial charge in [-0.2, -0.15) is 12.1 Å². The average molecular weight is 1180 g/mol. The van der Waals surface area contributed by atoms with E-state index in [9.17, 15) is 0 Å². The predicted octanol–water partition coefficient (Wildman–Crippen LogP) is 19.2. The Labute approximate surface area is 465 Å². The van der Waals surface area contributed by atoms with Gasteiger partial charge in [-0.05, 0) is 102 Å². The molecule has 0 aliphatic carbocycles. The van der Waals surface area contributed by atoms with Crippen LogP contribution in [0.4, 0.5) is 22.7 Å². The minimum absolute atomic E-state index is 0. The molecule has 10 aromatic rings. The van der Waals surface area contributed by atoms with Crippen LogP contribution in [0.15, 0.2) is 182 Å². The van der Waals surface area contributed by atoms with Crippen molar-refractivity contribution in [1.29, 1.82) is 0 Å². The summed E-state index contributed by atoms with van der Waals surface area (Å²) in [5.41, 5.74) is 18.1. The molecule has 0 saturated heterocycles. The summed E-state index contributed by atoms with van der Waals surface area (Å²) >= 11 is 0. The van der Waals surface area contributed by atoms with Crippen molar-refractivity contribution in [3.63, 3.8) is 0 Å². The summed E-state index contributed by atoms with van der Waals surface area (Å²) in [7, 11) is 0. The quantitative estimate of drug-likeness (QED) is 0.142. The topological polar surface area (TPSA) is 33.5 Å². The van der Waals surface area contributed by atoms with Crippen molar-refractivity contribution in [2.45, 2.75) is 105 Å². The number of fused-ring (bicyclic) bond motifs is 4. The molecule has 0 unspecified atom stereocenters. The molecular weight excluding hydrogens is 1110 g/mol. The maximum atomic E-state index is 6.76. The number of aromatic nitrogens is 2. The molecule has 11 rings (SSSR count). The molecule has 8 aromatic carbocycles. The van der Waals surface area contributed by atoms with Gasteiger partial charge in [0.25, 0.3) is 0 Å². The van der Waals surface area contributed by atoms with Crippen LogP contribution in [0.3, 0.4) is 0 Å². The van der Waals surface area contributed by atoms with Crippen LogP contribution < -0.4 is 14.5 Å². The second kappa shape index (κ2) is 19.7. The van der Waals surface area contributed by atoms with Gasteiger partial charge < -0.3 is 19.1 Å². The van der Waals surface area contributed by atoms with E-state index in [1.54, 1.807) is 0 Å². The molecule has 0 saturated carbocycles. The smallest absolute Gasteiger partial charge is 0.135 e. The fourth-order valence-corrected chi connectivity index (χ4v) is 10.8. The third-order valence-electron chi connectivity index (χ3n) is 14.8. The molecule has 3 heterocycles. The van der Waals surface area contributed by atoms with E-state index in [1.165, 1.54) is 44.5 Å². The summed E-state index contributed by atoms with van der Waals surface area (Å²) in [5.74, 6) is 2.03. The van der Waals surface area contributed by atoms with Crippen molar-refractivity contribution in [2.24, 2.45) is 0 Å². The summed E-state index contributed by atoms with van der Waals surface area (Å²) in [5, 5.41) is 2.23. The van der Waals surface area contributed by atoms with Crippen molar-refractivity contribution < 1.29 is 25.8 Å². The molecule has 1 aliphatic heterocycles. The zero-order valence-electron chi connectivity index (χ0n) is 45.9. The van der Waals surface area contributed by atoms with E-state index in [1.807, 2.05) is 24.4 Å². The monoisotopic (exact) mass is 1170 g/mol. The van der Waals surface area contributed by atoms with Crippen LogP contribution in [0.5, 0.6) is 11.5 Å². The Morgan fingerprint density at radius 2 is 1.04 bits per heavy atom. The van der Waals surface area contributed by atoms with Crippen LogP contribution in [-0.2, 0) is 42.7 Å². The average Bonchev–Trinajstić information content (AvgIpc) is 3.97. The first-order chi connectivity index (χ1) is 35.7. The first-order valence-corrected chi connectivity index (χ1v) is 26.4. The molecule has 0 spiro atoms. The van der Waals surface area contributed by atoms with E-state index >= 15 is 0 Å². The van der Waals surface area contributed by atoms with Gasteiger partial charge in [0.05, 0.1) is 0 Å². The molecule has 0 N–H and O–H groups in total. The number of para-hydroxylation sites is 4. The minimum atomic E-state index is -0.173. The van der Waals surface area contributed by atoms with Gasteiger partial charge in [-0.15, -0.1) is 48.1 Å².